The Labute approximate surface area is 203 Å². The number of carbonyl (C=O) groups excluding carboxylic acids is 1. The maximum atomic E-state index is 13.2. The number of allylic oxidation sites excluding steroid dienone is 1. The molecule has 6 unspecified atom stereocenters. The predicted octanol–water partition coefficient (Wildman–Crippen LogP) is 7.59. The summed E-state index contributed by atoms with van der Waals surface area (Å²) in [6.07, 6.45) is 11.7. The fourth-order valence-corrected chi connectivity index (χ4v) is 11.7. The lowest BCUT2D eigenvalue weighted by atomic mass is 9.32. The van der Waals surface area contributed by atoms with Gasteiger partial charge in [0.05, 0.1) is 6.10 Å². The molecule has 5 aliphatic rings. The van der Waals surface area contributed by atoms with Crippen LogP contribution in [0.2, 0.25) is 0 Å². The van der Waals surface area contributed by atoms with E-state index in [1.165, 1.54) is 44.1 Å². The lowest BCUT2D eigenvalue weighted by molar-refractivity contribution is -0.246. The van der Waals surface area contributed by atoms with Crippen molar-refractivity contribution in [1.29, 1.82) is 0 Å². The van der Waals surface area contributed by atoms with E-state index in [4.69, 9.17) is 0 Å². The minimum atomic E-state index is -0.160. The maximum absolute atomic E-state index is 13.2. The Balaban J connectivity index is 1.57. The molecule has 0 heterocycles. The largest absolute Gasteiger partial charge is 0.393 e. The molecule has 2 nitrogen and oxygen atoms in total. The Kier molecular flexibility index (Phi) is 5.26. The summed E-state index contributed by atoms with van der Waals surface area (Å²) >= 11 is 0. The van der Waals surface area contributed by atoms with Crippen LogP contribution in [-0.2, 0) is 4.79 Å². The third kappa shape index (κ3) is 2.80. The normalized spacial score (nSPS) is 55.0. The van der Waals surface area contributed by atoms with Crippen LogP contribution in [0.5, 0.6) is 0 Å². The summed E-state index contributed by atoms with van der Waals surface area (Å²) in [4.78, 5) is 13.2. The molecule has 0 aliphatic heterocycles. The van der Waals surface area contributed by atoms with Gasteiger partial charge in [0.1, 0.15) is 5.78 Å². The topological polar surface area (TPSA) is 37.3 Å². The molecule has 5 rings (SSSR count). The quantitative estimate of drug-likeness (QED) is 0.436. The van der Waals surface area contributed by atoms with Gasteiger partial charge in [-0.15, -0.1) is 0 Å². The monoisotopic (exact) mass is 454 g/mol. The van der Waals surface area contributed by atoms with E-state index in [9.17, 15) is 9.90 Å². The summed E-state index contributed by atoms with van der Waals surface area (Å²) in [5.41, 5.74) is 2.19. The number of rotatable bonds is 2. The van der Waals surface area contributed by atoms with Gasteiger partial charge in [-0.2, -0.15) is 0 Å². The molecular weight excluding hydrogens is 404 g/mol. The SMILES string of the molecule is C=C(C)C1CCC2(C(C)=O)CC[C@]3(C)C(CCC4[C@@]5(C)CC[C@H](O)C(C)(C)C5CC[C@]43C)C12. The third-order valence-electron chi connectivity index (χ3n) is 13.7. The Bertz CT molecular complexity index is 857. The van der Waals surface area contributed by atoms with Crippen LogP contribution in [0.15, 0.2) is 12.2 Å². The lowest BCUT2D eigenvalue weighted by Gasteiger charge is -2.72. The molecule has 5 aliphatic carbocycles. The van der Waals surface area contributed by atoms with Crippen molar-refractivity contribution in [3.63, 3.8) is 0 Å². The van der Waals surface area contributed by atoms with Crippen LogP contribution in [0.3, 0.4) is 0 Å². The van der Waals surface area contributed by atoms with Gasteiger partial charge in [0.25, 0.3) is 0 Å². The number of carbonyl (C=O) groups is 1. The minimum Gasteiger partial charge on any atom is -0.393 e. The molecule has 0 bridgehead atoms. The summed E-state index contributed by atoms with van der Waals surface area (Å²) in [6.45, 7) is 21.1. The molecule has 0 amide bonds. The van der Waals surface area contributed by atoms with E-state index in [2.05, 4.69) is 48.1 Å². The molecule has 5 saturated carbocycles. The first kappa shape index (κ1) is 24.1. The van der Waals surface area contributed by atoms with Crippen LogP contribution in [0.1, 0.15) is 113 Å². The van der Waals surface area contributed by atoms with Gasteiger partial charge in [-0.3, -0.25) is 4.79 Å². The number of fused-ring (bicyclic) bond motifs is 7. The first-order valence-electron chi connectivity index (χ1n) is 14.1. The Morgan fingerprint density at radius 1 is 0.788 bits per heavy atom. The highest BCUT2D eigenvalue weighted by Gasteiger charge is 2.71. The fourth-order valence-electron chi connectivity index (χ4n) is 11.7. The van der Waals surface area contributed by atoms with Crippen LogP contribution in [-0.4, -0.2) is 17.0 Å². The van der Waals surface area contributed by atoms with E-state index in [-0.39, 0.29) is 16.9 Å². The third-order valence-corrected chi connectivity index (χ3v) is 13.7. The first-order valence-corrected chi connectivity index (χ1v) is 14.1. The van der Waals surface area contributed by atoms with Gasteiger partial charge in [-0.25, -0.2) is 0 Å². The number of hydrogen-bond donors (Lipinski definition) is 1. The molecule has 0 aromatic heterocycles. The average Bonchev–Trinajstić information content (AvgIpc) is 3.13. The number of aliphatic hydroxyl groups is 1. The van der Waals surface area contributed by atoms with Crippen LogP contribution in [0.25, 0.3) is 0 Å². The molecule has 0 aromatic rings. The molecule has 33 heavy (non-hydrogen) atoms. The van der Waals surface area contributed by atoms with E-state index >= 15 is 0 Å². The van der Waals surface area contributed by atoms with Crippen molar-refractivity contribution < 1.29 is 9.90 Å². The number of ketones is 1. The molecule has 0 aromatic carbocycles. The van der Waals surface area contributed by atoms with Gasteiger partial charge in [0.2, 0.25) is 0 Å². The highest BCUT2D eigenvalue weighted by Crippen LogP contribution is 2.77. The average molecular weight is 455 g/mol. The molecular formula is C31H50O2. The van der Waals surface area contributed by atoms with Crippen molar-refractivity contribution in [3.8, 4) is 0 Å². The van der Waals surface area contributed by atoms with Crippen molar-refractivity contribution in [3.05, 3.63) is 12.2 Å². The highest BCUT2D eigenvalue weighted by molar-refractivity contribution is 5.83. The van der Waals surface area contributed by atoms with E-state index in [1.807, 2.05) is 6.92 Å². The maximum Gasteiger partial charge on any atom is 0.136 e. The minimum absolute atomic E-state index is 0.0128. The van der Waals surface area contributed by atoms with E-state index in [0.717, 1.165) is 31.6 Å². The summed E-state index contributed by atoms with van der Waals surface area (Å²) in [5, 5.41) is 10.9. The highest BCUT2D eigenvalue weighted by atomic mass is 16.3. The van der Waals surface area contributed by atoms with Crippen molar-refractivity contribution in [1.82, 2.24) is 0 Å². The van der Waals surface area contributed by atoms with Gasteiger partial charge in [-0.1, -0.05) is 46.8 Å². The number of hydrogen-bond acceptors (Lipinski definition) is 2. The zero-order chi connectivity index (χ0) is 24.2. The fraction of sp³-hybridized carbons (Fsp3) is 0.903. The molecule has 0 radical (unpaired) electrons. The molecule has 10 atom stereocenters. The molecule has 0 spiro atoms. The summed E-state index contributed by atoms with van der Waals surface area (Å²) < 4.78 is 0. The standard InChI is InChI=1S/C31H50O2/c1-19(2)21-11-16-31(20(3)32)18-17-29(7)22(26(21)31)9-10-24-28(6)14-13-25(33)27(4,5)23(28)12-15-30(24,29)8/h21-26,33H,1,9-18H2,2-8H3/t21?,22?,23?,24?,25-,26?,28-,29+,30+,31?/m0/s1. The summed E-state index contributed by atoms with van der Waals surface area (Å²) in [6, 6.07) is 0. The van der Waals surface area contributed by atoms with Gasteiger partial charge in [0.15, 0.2) is 0 Å². The summed E-state index contributed by atoms with van der Waals surface area (Å²) in [5.74, 6) is 3.47. The van der Waals surface area contributed by atoms with Crippen LogP contribution < -0.4 is 0 Å². The number of Topliss-reactive ketones (excluding diaryl/α,β-unsaturated/α-hetero) is 1. The molecule has 186 valence electrons. The van der Waals surface area contributed by atoms with Crippen molar-refractivity contribution in [2.24, 2.45) is 56.7 Å². The zero-order valence-electron chi connectivity index (χ0n) is 22.6. The van der Waals surface area contributed by atoms with E-state index in [0.29, 0.717) is 45.7 Å². The lowest BCUT2D eigenvalue weighted by Crippen LogP contribution is -2.67. The Hall–Kier alpha value is -0.630. The van der Waals surface area contributed by atoms with Crippen LogP contribution in [0, 0.1) is 56.7 Å². The molecule has 0 saturated heterocycles. The Morgan fingerprint density at radius 2 is 1.48 bits per heavy atom. The molecule has 5 fully saturated rings. The number of aliphatic hydroxyl groups excluding tert-OH is 1. The van der Waals surface area contributed by atoms with Crippen molar-refractivity contribution in [2.45, 2.75) is 119 Å². The zero-order valence-corrected chi connectivity index (χ0v) is 22.6. The van der Waals surface area contributed by atoms with Gasteiger partial charge < -0.3 is 5.11 Å². The predicted molar refractivity (Wildman–Crippen MR) is 136 cm³/mol. The smallest absolute Gasteiger partial charge is 0.136 e. The van der Waals surface area contributed by atoms with Crippen molar-refractivity contribution in [2.75, 3.05) is 0 Å². The van der Waals surface area contributed by atoms with Crippen LogP contribution >= 0.6 is 0 Å². The molecule has 2 heteroatoms. The first-order chi connectivity index (χ1) is 15.3. The second-order valence-corrected chi connectivity index (χ2v) is 14.8. The molecule has 1 N–H and O–H groups in total. The van der Waals surface area contributed by atoms with E-state index in [1.54, 1.807) is 0 Å². The van der Waals surface area contributed by atoms with Gasteiger partial charge in [-0.05, 0) is 129 Å². The summed E-state index contributed by atoms with van der Waals surface area (Å²) in [7, 11) is 0. The van der Waals surface area contributed by atoms with Gasteiger partial charge >= 0.3 is 0 Å². The van der Waals surface area contributed by atoms with Crippen molar-refractivity contribution >= 4 is 5.78 Å². The second-order valence-electron chi connectivity index (χ2n) is 14.8. The van der Waals surface area contributed by atoms with Gasteiger partial charge in [0, 0.05) is 5.41 Å². The Morgan fingerprint density at radius 3 is 2.12 bits per heavy atom. The second kappa shape index (κ2) is 7.21. The van der Waals surface area contributed by atoms with E-state index < -0.39 is 0 Å². The van der Waals surface area contributed by atoms with Crippen LogP contribution in [0.4, 0.5) is 0 Å².